The molecule has 0 saturated heterocycles. The first-order valence-corrected chi connectivity index (χ1v) is 7.92. The van der Waals surface area contributed by atoms with E-state index in [1.54, 1.807) is 31.4 Å². The molecule has 0 saturated carbocycles. The molecular weight excluding hydrogens is 338 g/mol. The van der Waals surface area contributed by atoms with Gasteiger partial charge in [-0.1, -0.05) is 0 Å². The van der Waals surface area contributed by atoms with E-state index in [0.29, 0.717) is 23.6 Å². The van der Waals surface area contributed by atoms with Crippen LogP contribution in [0.1, 0.15) is 27.6 Å². The Morgan fingerprint density at radius 3 is 2.38 bits per heavy atom. The number of aromatic hydroxyl groups is 1. The molecule has 138 valence electrons. The number of carbonyl (C=O) groups excluding carboxylic acids is 2. The summed E-state index contributed by atoms with van der Waals surface area (Å²) < 4.78 is 15.2. The number of methoxy groups -OCH3 is 2. The maximum Gasteiger partial charge on any atom is 0.337 e. The number of phenolic OH excluding ortho intramolecular Hbond substituents is 1. The Kier molecular flexibility index (Phi) is 6.57. The number of amides is 1. The van der Waals surface area contributed by atoms with Crippen molar-refractivity contribution in [1.29, 1.82) is 0 Å². The number of hydrogen-bond acceptors (Lipinski definition) is 6. The number of carbonyl (C=O) groups is 2. The molecule has 0 unspecified atom stereocenters. The van der Waals surface area contributed by atoms with E-state index in [0.717, 1.165) is 0 Å². The standard InChI is InChI=1S/C19H21NO6/c1-12(11-24-2)26-17-9-14(8-16(21)10-17)18(22)20-15-6-4-13(5-7-15)19(23)25-3/h4-10,12,21H,11H2,1-3H3,(H,20,22)/t12-/m0/s1. The minimum atomic E-state index is -0.456. The molecule has 0 spiro atoms. The molecule has 2 rings (SSSR count). The molecule has 0 aliphatic heterocycles. The summed E-state index contributed by atoms with van der Waals surface area (Å²) in [6, 6.07) is 10.6. The first-order chi connectivity index (χ1) is 12.4. The molecule has 0 aliphatic rings. The van der Waals surface area contributed by atoms with E-state index in [-0.39, 0.29) is 17.4 Å². The lowest BCUT2D eigenvalue weighted by atomic mass is 10.1. The van der Waals surface area contributed by atoms with Crippen LogP contribution in [0.5, 0.6) is 11.5 Å². The van der Waals surface area contributed by atoms with Gasteiger partial charge in [-0.2, -0.15) is 0 Å². The summed E-state index contributed by atoms with van der Waals surface area (Å²) in [5.74, 6) is -0.599. The highest BCUT2D eigenvalue weighted by Gasteiger charge is 2.12. The van der Waals surface area contributed by atoms with Gasteiger partial charge in [0.05, 0.1) is 19.3 Å². The summed E-state index contributed by atoms with van der Waals surface area (Å²) in [6.45, 7) is 2.19. The Hall–Kier alpha value is -3.06. The number of anilines is 1. The van der Waals surface area contributed by atoms with Crippen molar-refractivity contribution in [1.82, 2.24) is 0 Å². The SMILES string of the molecule is COC[C@H](C)Oc1cc(O)cc(C(=O)Nc2ccc(C(=O)OC)cc2)c1. The number of rotatable bonds is 7. The second-order valence-electron chi connectivity index (χ2n) is 5.62. The van der Waals surface area contributed by atoms with E-state index in [9.17, 15) is 14.7 Å². The molecule has 2 N–H and O–H groups in total. The maximum absolute atomic E-state index is 12.4. The lowest BCUT2D eigenvalue weighted by Crippen LogP contribution is -2.18. The van der Waals surface area contributed by atoms with Crippen molar-refractivity contribution >= 4 is 17.6 Å². The second kappa shape index (κ2) is 8.87. The number of esters is 1. The first-order valence-electron chi connectivity index (χ1n) is 7.92. The maximum atomic E-state index is 12.4. The molecule has 7 nitrogen and oxygen atoms in total. The van der Waals surface area contributed by atoms with Crippen LogP contribution in [0.4, 0.5) is 5.69 Å². The molecule has 0 fully saturated rings. The van der Waals surface area contributed by atoms with Gasteiger partial charge in [0.1, 0.15) is 17.6 Å². The molecule has 26 heavy (non-hydrogen) atoms. The van der Waals surface area contributed by atoms with Crippen molar-refractivity contribution in [2.24, 2.45) is 0 Å². The predicted molar refractivity (Wildman–Crippen MR) is 95.8 cm³/mol. The Bertz CT molecular complexity index is 772. The average Bonchev–Trinajstić information content (AvgIpc) is 2.61. The van der Waals surface area contributed by atoms with Crippen molar-refractivity contribution in [3.63, 3.8) is 0 Å². The smallest absolute Gasteiger partial charge is 0.337 e. The molecular formula is C19H21NO6. The number of hydrogen-bond donors (Lipinski definition) is 2. The van der Waals surface area contributed by atoms with Gasteiger partial charge in [0.2, 0.25) is 0 Å². The topological polar surface area (TPSA) is 94.1 Å². The van der Waals surface area contributed by atoms with Gasteiger partial charge in [-0.3, -0.25) is 4.79 Å². The molecule has 2 aromatic carbocycles. The van der Waals surface area contributed by atoms with Crippen LogP contribution < -0.4 is 10.1 Å². The Labute approximate surface area is 151 Å². The largest absolute Gasteiger partial charge is 0.508 e. The van der Waals surface area contributed by atoms with Crippen molar-refractivity contribution in [2.75, 3.05) is 26.1 Å². The van der Waals surface area contributed by atoms with Crippen LogP contribution in [-0.2, 0) is 9.47 Å². The Morgan fingerprint density at radius 2 is 1.77 bits per heavy atom. The molecule has 0 aromatic heterocycles. The van der Waals surface area contributed by atoms with Gasteiger partial charge < -0.3 is 24.6 Å². The summed E-state index contributed by atoms with van der Waals surface area (Å²) in [7, 11) is 2.86. The molecule has 0 aliphatic carbocycles. The van der Waals surface area contributed by atoms with E-state index in [2.05, 4.69) is 10.1 Å². The van der Waals surface area contributed by atoms with Gasteiger partial charge in [-0.15, -0.1) is 0 Å². The van der Waals surface area contributed by atoms with Gasteiger partial charge in [0.25, 0.3) is 5.91 Å². The fourth-order valence-electron chi connectivity index (χ4n) is 2.29. The normalized spacial score (nSPS) is 11.5. The first kappa shape index (κ1) is 19.3. The molecule has 2 aromatic rings. The van der Waals surface area contributed by atoms with E-state index < -0.39 is 11.9 Å². The van der Waals surface area contributed by atoms with Gasteiger partial charge in [-0.25, -0.2) is 4.79 Å². The summed E-state index contributed by atoms with van der Waals surface area (Å²) in [6.07, 6.45) is -0.233. The fraction of sp³-hybridized carbons (Fsp3) is 0.263. The van der Waals surface area contributed by atoms with Crippen LogP contribution in [0.15, 0.2) is 42.5 Å². The fourth-order valence-corrected chi connectivity index (χ4v) is 2.29. The van der Waals surface area contributed by atoms with E-state index >= 15 is 0 Å². The monoisotopic (exact) mass is 359 g/mol. The van der Waals surface area contributed by atoms with Crippen LogP contribution in [0.3, 0.4) is 0 Å². The average molecular weight is 359 g/mol. The van der Waals surface area contributed by atoms with Gasteiger partial charge in [0.15, 0.2) is 0 Å². The quantitative estimate of drug-likeness (QED) is 0.738. The van der Waals surface area contributed by atoms with Crippen molar-refractivity contribution in [3.05, 3.63) is 53.6 Å². The highest BCUT2D eigenvalue weighted by molar-refractivity contribution is 6.05. The zero-order valence-electron chi connectivity index (χ0n) is 14.8. The molecule has 1 amide bonds. The summed E-state index contributed by atoms with van der Waals surface area (Å²) >= 11 is 0. The molecule has 7 heteroatoms. The van der Waals surface area contributed by atoms with Crippen LogP contribution in [0.25, 0.3) is 0 Å². The summed E-state index contributed by atoms with van der Waals surface area (Å²) in [4.78, 5) is 23.8. The van der Waals surface area contributed by atoms with Crippen LogP contribution in [0, 0.1) is 0 Å². The third kappa shape index (κ3) is 5.22. The minimum absolute atomic E-state index is 0.0849. The number of nitrogens with one attached hydrogen (secondary N) is 1. The van der Waals surface area contributed by atoms with Crippen molar-refractivity contribution in [2.45, 2.75) is 13.0 Å². The van der Waals surface area contributed by atoms with Crippen LogP contribution in [0.2, 0.25) is 0 Å². The Balaban J connectivity index is 2.11. The number of benzene rings is 2. The summed E-state index contributed by atoms with van der Waals surface area (Å²) in [5, 5.41) is 12.5. The molecule has 0 radical (unpaired) electrons. The molecule has 1 atom stereocenters. The third-order valence-corrected chi connectivity index (χ3v) is 3.46. The summed E-state index contributed by atoms with van der Waals surface area (Å²) in [5.41, 5.74) is 1.12. The molecule has 0 heterocycles. The number of phenols is 1. The van der Waals surface area contributed by atoms with E-state index in [1.807, 2.05) is 6.92 Å². The zero-order valence-corrected chi connectivity index (χ0v) is 14.8. The zero-order chi connectivity index (χ0) is 19.1. The van der Waals surface area contributed by atoms with Crippen molar-refractivity contribution in [3.8, 4) is 11.5 Å². The van der Waals surface area contributed by atoms with Crippen molar-refractivity contribution < 1.29 is 28.9 Å². The van der Waals surface area contributed by atoms with Gasteiger partial charge in [-0.05, 0) is 43.3 Å². The lowest BCUT2D eigenvalue weighted by Gasteiger charge is -2.15. The van der Waals surface area contributed by atoms with E-state index in [4.69, 9.17) is 9.47 Å². The molecule has 0 bridgehead atoms. The van der Waals surface area contributed by atoms with Gasteiger partial charge in [0, 0.05) is 24.4 Å². The highest BCUT2D eigenvalue weighted by atomic mass is 16.5. The minimum Gasteiger partial charge on any atom is -0.508 e. The Morgan fingerprint density at radius 1 is 1.08 bits per heavy atom. The second-order valence-corrected chi connectivity index (χ2v) is 5.62. The lowest BCUT2D eigenvalue weighted by molar-refractivity contribution is 0.0600. The predicted octanol–water partition coefficient (Wildman–Crippen LogP) is 2.84. The number of ether oxygens (including phenoxy) is 3. The van der Waals surface area contributed by atoms with Crippen LogP contribution in [-0.4, -0.2) is 43.9 Å². The third-order valence-electron chi connectivity index (χ3n) is 3.46. The van der Waals surface area contributed by atoms with Crippen LogP contribution >= 0.6 is 0 Å². The van der Waals surface area contributed by atoms with E-state index in [1.165, 1.54) is 25.3 Å². The van der Waals surface area contributed by atoms with Gasteiger partial charge >= 0.3 is 5.97 Å². The highest BCUT2D eigenvalue weighted by Crippen LogP contribution is 2.24.